The molecule has 16 heavy (non-hydrogen) atoms. The molecular formula is C13H18BrNO. The van der Waals surface area contributed by atoms with Crippen LogP contribution in [-0.4, -0.2) is 13.7 Å². The van der Waals surface area contributed by atoms with Gasteiger partial charge in [-0.3, -0.25) is 0 Å². The van der Waals surface area contributed by atoms with Gasteiger partial charge in [0.2, 0.25) is 0 Å². The van der Waals surface area contributed by atoms with Crippen molar-refractivity contribution in [2.24, 2.45) is 5.73 Å². The minimum Gasteiger partial charge on any atom is -0.496 e. The SMILES string of the molecule is COc1cc(C)c(C2(CN)CCC2)cc1Br. The second-order valence-electron chi connectivity index (χ2n) is 4.64. The normalized spacial score (nSPS) is 18.0. The molecule has 1 aliphatic rings. The van der Waals surface area contributed by atoms with Crippen LogP contribution in [0.5, 0.6) is 5.75 Å². The topological polar surface area (TPSA) is 35.2 Å². The molecule has 0 amide bonds. The zero-order chi connectivity index (χ0) is 11.8. The smallest absolute Gasteiger partial charge is 0.133 e. The minimum absolute atomic E-state index is 0.221. The molecule has 1 aliphatic carbocycles. The molecule has 0 bridgehead atoms. The molecule has 1 aromatic rings. The third kappa shape index (κ3) is 1.76. The average Bonchev–Trinajstić information content (AvgIpc) is 2.22. The van der Waals surface area contributed by atoms with Crippen molar-refractivity contribution < 1.29 is 4.74 Å². The van der Waals surface area contributed by atoms with Crippen LogP contribution in [0.4, 0.5) is 0 Å². The molecule has 1 saturated carbocycles. The Balaban J connectivity index is 2.45. The van der Waals surface area contributed by atoms with Gasteiger partial charge in [-0.2, -0.15) is 0 Å². The van der Waals surface area contributed by atoms with Crippen LogP contribution in [0.3, 0.4) is 0 Å². The average molecular weight is 284 g/mol. The largest absolute Gasteiger partial charge is 0.496 e. The fourth-order valence-electron chi connectivity index (χ4n) is 2.57. The van der Waals surface area contributed by atoms with E-state index in [4.69, 9.17) is 10.5 Å². The van der Waals surface area contributed by atoms with Crippen LogP contribution < -0.4 is 10.5 Å². The summed E-state index contributed by atoms with van der Waals surface area (Å²) in [5, 5.41) is 0. The number of rotatable bonds is 3. The Hall–Kier alpha value is -0.540. The van der Waals surface area contributed by atoms with E-state index < -0.39 is 0 Å². The molecule has 0 radical (unpaired) electrons. The van der Waals surface area contributed by atoms with Crippen molar-refractivity contribution in [2.45, 2.75) is 31.6 Å². The highest BCUT2D eigenvalue weighted by Gasteiger charge is 2.38. The van der Waals surface area contributed by atoms with Gasteiger partial charge in [-0.05, 0) is 59.0 Å². The van der Waals surface area contributed by atoms with Gasteiger partial charge in [0.15, 0.2) is 0 Å². The molecule has 0 atom stereocenters. The maximum Gasteiger partial charge on any atom is 0.133 e. The highest BCUT2D eigenvalue weighted by atomic mass is 79.9. The predicted octanol–water partition coefficient (Wildman–Crippen LogP) is 3.15. The van der Waals surface area contributed by atoms with Crippen LogP contribution in [0.15, 0.2) is 16.6 Å². The van der Waals surface area contributed by atoms with E-state index in [1.807, 2.05) is 0 Å². The molecule has 0 unspecified atom stereocenters. The number of halogens is 1. The third-order valence-corrected chi connectivity index (χ3v) is 4.39. The quantitative estimate of drug-likeness (QED) is 0.925. The number of aryl methyl sites for hydroxylation is 1. The Morgan fingerprint density at radius 3 is 2.56 bits per heavy atom. The first-order valence-electron chi connectivity index (χ1n) is 5.67. The summed E-state index contributed by atoms with van der Waals surface area (Å²) in [4.78, 5) is 0. The summed E-state index contributed by atoms with van der Waals surface area (Å²) in [7, 11) is 1.70. The maximum atomic E-state index is 5.94. The van der Waals surface area contributed by atoms with Crippen molar-refractivity contribution in [1.29, 1.82) is 0 Å². The predicted molar refractivity (Wildman–Crippen MR) is 70.0 cm³/mol. The molecule has 3 heteroatoms. The van der Waals surface area contributed by atoms with Gasteiger partial charge in [0.05, 0.1) is 11.6 Å². The van der Waals surface area contributed by atoms with Crippen LogP contribution in [0, 0.1) is 6.92 Å². The Labute approximate surface area is 105 Å². The summed E-state index contributed by atoms with van der Waals surface area (Å²) in [6.45, 7) is 2.88. The Bertz CT molecular complexity index is 394. The van der Waals surface area contributed by atoms with E-state index in [9.17, 15) is 0 Å². The Morgan fingerprint density at radius 2 is 2.12 bits per heavy atom. The van der Waals surface area contributed by atoms with Crippen molar-refractivity contribution in [3.8, 4) is 5.75 Å². The van der Waals surface area contributed by atoms with Crippen molar-refractivity contribution in [3.63, 3.8) is 0 Å². The summed E-state index contributed by atoms with van der Waals surface area (Å²) < 4.78 is 6.32. The van der Waals surface area contributed by atoms with Gasteiger partial charge >= 0.3 is 0 Å². The lowest BCUT2D eigenvalue weighted by Gasteiger charge is -2.42. The van der Waals surface area contributed by atoms with Gasteiger partial charge in [0.1, 0.15) is 5.75 Å². The van der Waals surface area contributed by atoms with Crippen LogP contribution in [0.1, 0.15) is 30.4 Å². The van der Waals surface area contributed by atoms with Gasteiger partial charge in [0.25, 0.3) is 0 Å². The van der Waals surface area contributed by atoms with E-state index in [1.165, 1.54) is 30.4 Å². The summed E-state index contributed by atoms with van der Waals surface area (Å²) >= 11 is 3.55. The van der Waals surface area contributed by atoms with Crippen LogP contribution >= 0.6 is 15.9 Å². The Morgan fingerprint density at radius 1 is 1.44 bits per heavy atom. The van der Waals surface area contributed by atoms with E-state index in [0.717, 1.165) is 16.8 Å². The summed E-state index contributed by atoms with van der Waals surface area (Å²) in [5.41, 5.74) is 8.83. The van der Waals surface area contributed by atoms with E-state index in [2.05, 4.69) is 35.0 Å². The molecule has 88 valence electrons. The van der Waals surface area contributed by atoms with Gasteiger partial charge in [-0.1, -0.05) is 6.42 Å². The maximum absolute atomic E-state index is 5.94. The molecular weight excluding hydrogens is 266 g/mol. The van der Waals surface area contributed by atoms with E-state index in [-0.39, 0.29) is 5.41 Å². The van der Waals surface area contributed by atoms with Gasteiger partial charge in [-0.25, -0.2) is 0 Å². The first-order valence-corrected chi connectivity index (χ1v) is 6.47. The highest BCUT2D eigenvalue weighted by molar-refractivity contribution is 9.10. The second kappa shape index (κ2) is 4.38. The molecule has 0 spiro atoms. The lowest BCUT2D eigenvalue weighted by Crippen LogP contribution is -2.42. The van der Waals surface area contributed by atoms with Crippen molar-refractivity contribution in [3.05, 3.63) is 27.7 Å². The van der Waals surface area contributed by atoms with E-state index >= 15 is 0 Å². The lowest BCUT2D eigenvalue weighted by atomic mass is 9.63. The standard InChI is InChI=1S/C13H18BrNO/c1-9-6-12(16-2)11(14)7-10(9)13(8-15)4-3-5-13/h6-7H,3-5,8,15H2,1-2H3. The van der Waals surface area contributed by atoms with E-state index in [1.54, 1.807) is 7.11 Å². The van der Waals surface area contributed by atoms with Gasteiger partial charge < -0.3 is 10.5 Å². The molecule has 0 aliphatic heterocycles. The Kier molecular flexibility index (Phi) is 3.27. The monoisotopic (exact) mass is 283 g/mol. The van der Waals surface area contributed by atoms with Crippen molar-refractivity contribution in [1.82, 2.24) is 0 Å². The molecule has 0 aromatic heterocycles. The number of hydrogen-bond acceptors (Lipinski definition) is 2. The molecule has 2 N–H and O–H groups in total. The summed E-state index contributed by atoms with van der Waals surface area (Å²) in [6.07, 6.45) is 3.71. The molecule has 2 rings (SSSR count). The fraction of sp³-hybridized carbons (Fsp3) is 0.538. The number of nitrogens with two attached hydrogens (primary N) is 1. The third-order valence-electron chi connectivity index (χ3n) is 3.77. The number of methoxy groups -OCH3 is 1. The lowest BCUT2D eigenvalue weighted by molar-refractivity contribution is 0.251. The summed E-state index contributed by atoms with van der Waals surface area (Å²) in [6, 6.07) is 4.27. The van der Waals surface area contributed by atoms with Crippen LogP contribution in [0.2, 0.25) is 0 Å². The number of benzene rings is 1. The number of hydrogen-bond donors (Lipinski definition) is 1. The van der Waals surface area contributed by atoms with Crippen LogP contribution in [0.25, 0.3) is 0 Å². The van der Waals surface area contributed by atoms with Gasteiger partial charge in [0, 0.05) is 12.0 Å². The summed E-state index contributed by atoms with van der Waals surface area (Å²) in [5.74, 6) is 0.896. The number of ether oxygens (including phenoxy) is 1. The van der Waals surface area contributed by atoms with Gasteiger partial charge in [-0.15, -0.1) is 0 Å². The van der Waals surface area contributed by atoms with Crippen molar-refractivity contribution >= 4 is 15.9 Å². The molecule has 2 nitrogen and oxygen atoms in total. The van der Waals surface area contributed by atoms with E-state index in [0.29, 0.717) is 0 Å². The van der Waals surface area contributed by atoms with Crippen LogP contribution in [-0.2, 0) is 5.41 Å². The van der Waals surface area contributed by atoms with Crippen molar-refractivity contribution in [2.75, 3.05) is 13.7 Å². The second-order valence-corrected chi connectivity index (χ2v) is 5.49. The highest BCUT2D eigenvalue weighted by Crippen LogP contribution is 2.46. The zero-order valence-electron chi connectivity index (χ0n) is 9.85. The first-order chi connectivity index (χ1) is 7.63. The minimum atomic E-state index is 0.221. The zero-order valence-corrected chi connectivity index (χ0v) is 11.4. The molecule has 1 fully saturated rings. The molecule has 0 heterocycles. The molecule has 0 saturated heterocycles. The first kappa shape index (κ1) is 11.9. The molecule has 1 aromatic carbocycles. The fourth-order valence-corrected chi connectivity index (χ4v) is 3.08.